The number of hydrogen-bond donors (Lipinski definition) is 1. The molecule has 3 nitrogen and oxygen atoms in total. The molecule has 2 heterocycles. The third-order valence-corrected chi connectivity index (χ3v) is 4.65. The predicted octanol–water partition coefficient (Wildman–Crippen LogP) is 4.12. The van der Waals surface area contributed by atoms with E-state index < -0.39 is 0 Å². The second-order valence-corrected chi connectivity index (χ2v) is 6.54. The molecule has 4 rings (SSSR count). The minimum atomic E-state index is 0.783. The van der Waals surface area contributed by atoms with Gasteiger partial charge in [0, 0.05) is 28.0 Å². The highest BCUT2D eigenvalue weighted by Crippen LogP contribution is 2.32. The molecule has 0 aliphatic carbocycles. The molecule has 4 heteroatoms. The Morgan fingerprint density at radius 2 is 2.09 bits per heavy atom. The van der Waals surface area contributed by atoms with Crippen molar-refractivity contribution in [3.8, 4) is 0 Å². The van der Waals surface area contributed by atoms with E-state index in [2.05, 4.69) is 63.1 Å². The van der Waals surface area contributed by atoms with Crippen molar-refractivity contribution < 1.29 is 0 Å². The minimum Gasteiger partial charge on any atom is -0.364 e. The van der Waals surface area contributed by atoms with Gasteiger partial charge in [-0.2, -0.15) is 0 Å². The molecule has 0 radical (unpaired) electrons. The number of para-hydroxylation sites is 1. The minimum absolute atomic E-state index is 0.783. The zero-order chi connectivity index (χ0) is 15.1. The summed E-state index contributed by atoms with van der Waals surface area (Å²) in [5.41, 5.74) is 5.68. The molecule has 1 N–H and O–H groups in total. The Balaban J connectivity index is 1.63. The van der Waals surface area contributed by atoms with Crippen molar-refractivity contribution in [3.63, 3.8) is 0 Å². The Morgan fingerprint density at radius 3 is 3.00 bits per heavy atom. The van der Waals surface area contributed by atoms with Crippen molar-refractivity contribution in [3.05, 3.63) is 64.6 Å². The molecule has 0 saturated heterocycles. The number of halogens is 1. The zero-order valence-electron chi connectivity index (χ0n) is 12.1. The summed E-state index contributed by atoms with van der Waals surface area (Å²) in [4.78, 5) is 7.13. The second-order valence-electron chi connectivity index (χ2n) is 5.62. The maximum Gasteiger partial charge on any atom is 0.126 e. The molecular formula is C18H16BrN3. The van der Waals surface area contributed by atoms with E-state index in [1.165, 1.54) is 11.3 Å². The molecule has 110 valence electrons. The first kappa shape index (κ1) is 13.6. The molecule has 22 heavy (non-hydrogen) atoms. The van der Waals surface area contributed by atoms with Gasteiger partial charge >= 0.3 is 0 Å². The highest BCUT2D eigenvalue weighted by Gasteiger charge is 2.22. The number of benzene rings is 2. The largest absolute Gasteiger partial charge is 0.364 e. The summed E-state index contributed by atoms with van der Waals surface area (Å²) >= 11 is 3.50. The molecule has 0 bridgehead atoms. The van der Waals surface area contributed by atoms with E-state index in [0.717, 1.165) is 46.8 Å². The van der Waals surface area contributed by atoms with E-state index in [0.29, 0.717) is 0 Å². The van der Waals surface area contributed by atoms with Crippen LogP contribution in [0.4, 0.5) is 11.4 Å². The molecular weight excluding hydrogens is 338 g/mol. The molecule has 0 atom stereocenters. The van der Waals surface area contributed by atoms with Gasteiger partial charge in [0.25, 0.3) is 0 Å². The average Bonchev–Trinajstić information content (AvgIpc) is 2.92. The lowest BCUT2D eigenvalue weighted by atomic mass is 10.1. The summed E-state index contributed by atoms with van der Waals surface area (Å²) in [6.07, 6.45) is 1.11. The molecule has 2 aliphatic heterocycles. The molecule has 0 spiro atoms. The van der Waals surface area contributed by atoms with Gasteiger partial charge in [-0.1, -0.05) is 40.7 Å². The fourth-order valence-corrected chi connectivity index (χ4v) is 3.45. The molecule has 2 aromatic carbocycles. The number of fused-ring (bicyclic) bond motifs is 2. The molecule has 0 fully saturated rings. The average molecular weight is 354 g/mol. The van der Waals surface area contributed by atoms with Crippen LogP contribution in [0.15, 0.2) is 58.5 Å². The maximum atomic E-state index is 4.76. The van der Waals surface area contributed by atoms with Gasteiger partial charge in [-0.3, -0.25) is 0 Å². The van der Waals surface area contributed by atoms with Crippen molar-refractivity contribution in [1.29, 1.82) is 0 Å². The van der Waals surface area contributed by atoms with Crippen LogP contribution in [0.25, 0.3) is 5.70 Å². The van der Waals surface area contributed by atoms with E-state index in [-0.39, 0.29) is 0 Å². The van der Waals surface area contributed by atoms with Gasteiger partial charge in [0.2, 0.25) is 0 Å². The van der Waals surface area contributed by atoms with E-state index in [1.54, 1.807) is 0 Å². The molecule has 0 aromatic heterocycles. The number of nitrogens with zero attached hydrogens (tertiary/aromatic N) is 2. The van der Waals surface area contributed by atoms with Crippen LogP contribution < -0.4 is 10.2 Å². The Bertz CT molecular complexity index is 795. The normalized spacial score (nSPS) is 16.0. The predicted molar refractivity (Wildman–Crippen MR) is 95.8 cm³/mol. The first-order valence-electron chi connectivity index (χ1n) is 7.37. The smallest absolute Gasteiger partial charge is 0.126 e. The van der Waals surface area contributed by atoms with E-state index in [9.17, 15) is 0 Å². The summed E-state index contributed by atoms with van der Waals surface area (Å²) in [5, 5.41) is 3.35. The summed E-state index contributed by atoms with van der Waals surface area (Å²) in [7, 11) is 0. The second kappa shape index (κ2) is 5.29. The van der Waals surface area contributed by atoms with Crippen molar-refractivity contribution in [2.75, 3.05) is 18.0 Å². The fraction of sp³-hybridized carbons (Fsp3) is 0.167. The first-order valence-corrected chi connectivity index (χ1v) is 8.16. The SMILES string of the molecule is C=C1NC(CN2CCc3ccccc32)=Nc2ccc(Br)cc21. The summed E-state index contributed by atoms with van der Waals surface area (Å²) in [5.74, 6) is 0.955. The Hall–Kier alpha value is -2.07. The van der Waals surface area contributed by atoms with Crippen LogP contribution in [0.2, 0.25) is 0 Å². The highest BCUT2D eigenvalue weighted by atomic mass is 79.9. The first-order chi connectivity index (χ1) is 10.7. The summed E-state index contributed by atoms with van der Waals surface area (Å²) in [6, 6.07) is 14.7. The Labute approximate surface area is 138 Å². The van der Waals surface area contributed by atoms with E-state index in [4.69, 9.17) is 4.99 Å². The van der Waals surface area contributed by atoms with E-state index in [1.807, 2.05) is 12.1 Å². The van der Waals surface area contributed by atoms with Gasteiger partial charge in [0.15, 0.2) is 0 Å². The lowest BCUT2D eigenvalue weighted by molar-refractivity contribution is 0.906. The van der Waals surface area contributed by atoms with Crippen LogP contribution >= 0.6 is 15.9 Å². The monoisotopic (exact) mass is 353 g/mol. The van der Waals surface area contributed by atoms with Crippen molar-refractivity contribution in [2.45, 2.75) is 6.42 Å². The number of amidine groups is 1. The van der Waals surface area contributed by atoms with Gasteiger partial charge in [0.1, 0.15) is 5.84 Å². The van der Waals surface area contributed by atoms with Gasteiger partial charge in [-0.05, 0) is 36.2 Å². The Morgan fingerprint density at radius 1 is 1.23 bits per heavy atom. The highest BCUT2D eigenvalue weighted by molar-refractivity contribution is 9.10. The number of aliphatic imine (C=N–C) groups is 1. The van der Waals surface area contributed by atoms with Gasteiger partial charge in [-0.15, -0.1) is 0 Å². The third-order valence-electron chi connectivity index (χ3n) is 4.16. The van der Waals surface area contributed by atoms with Crippen LogP contribution in [0.3, 0.4) is 0 Å². The van der Waals surface area contributed by atoms with Crippen LogP contribution in [0.1, 0.15) is 11.1 Å². The molecule has 0 amide bonds. The summed E-state index contributed by atoms with van der Waals surface area (Å²) < 4.78 is 1.04. The van der Waals surface area contributed by atoms with Crippen molar-refractivity contribution >= 4 is 38.8 Å². The molecule has 2 aliphatic rings. The standard InChI is InChI=1S/C18H16BrN3/c1-12-15-10-14(19)6-7-16(15)21-18(20-12)11-22-9-8-13-4-2-3-5-17(13)22/h2-7,10H,1,8-9,11H2,(H,20,21). The number of anilines is 1. The maximum absolute atomic E-state index is 4.76. The lowest BCUT2D eigenvalue weighted by Gasteiger charge is -2.25. The van der Waals surface area contributed by atoms with Crippen molar-refractivity contribution in [1.82, 2.24) is 5.32 Å². The van der Waals surface area contributed by atoms with Crippen LogP contribution in [-0.2, 0) is 6.42 Å². The number of hydrogen-bond acceptors (Lipinski definition) is 3. The topological polar surface area (TPSA) is 27.6 Å². The lowest BCUT2D eigenvalue weighted by Crippen LogP contribution is -2.36. The van der Waals surface area contributed by atoms with Crippen LogP contribution in [0.5, 0.6) is 0 Å². The summed E-state index contributed by atoms with van der Waals surface area (Å²) in [6.45, 7) is 5.96. The Kier molecular flexibility index (Phi) is 3.26. The number of nitrogens with one attached hydrogen (secondary N) is 1. The molecule has 0 unspecified atom stereocenters. The van der Waals surface area contributed by atoms with Gasteiger partial charge in [0.05, 0.1) is 12.2 Å². The molecule has 0 saturated carbocycles. The quantitative estimate of drug-likeness (QED) is 0.879. The van der Waals surface area contributed by atoms with Gasteiger partial charge < -0.3 is 10.2 Å². The fourth-order valence-electron chi connectivity index (χ4n) is 3.09. The number of rotatable bonds is 2. The van der Waals surface area contributed by atoms with Gasteiger partial charge in [-0.25, -0.2) is 4.99 Å². The third kappa shape index (κ3) is 2.33. The van der Waals surface area contributed by atoms with E-state index >= 15 is 0 Å². The van der Waals surface area contributed by atoms with Crippen LogP contribution in [0, 0.1) is 0 Å². The molecule has 2 aromatic rings. The zero-order valence-corrected chi connectivity index (χ0v) is 13.7. The van der Waals surface area contributed by atoms with Crippen LogP contribution in [-0.4, -0.2) is 18.9 Å². The van der Waals surface area contributed by atoms with Crippen molar-refractivity contribution in [2.24, 2.45) is 4.99 Å².